The van der Waals surface area contributed by atoms with Crippen LogP contribution in [0.15, 0.2) is 24.4 Å². The first-order valence-electron chi connectivity index (χ1n) is 14.5. The predicted molar refractivity (Wildman–Crippen MR) is 157 cm³/mol. The first kappa shape index (κ1) is 27.9. The number of ether oxygens (including phenoxy) is 1. The van der Waals surface area contributed by atoms with Gasteiger partial charge in [-0.2, -0.15) is 5.10 Å². The molecule has 3 heterocycles. The summed E-state index contributed by atoms with van der Waals surface area (Å²) in [5.74, 6) is -0.121. The van der Waals surface area contributed by atoms with Gasteiger partial charge in [0.05, 0.1) is 23.3 Å². The molecule has 0 atom stereocenters. The lowest BCUT2D eigenvalue weighted by Crippen LogP contribution is -2.50. The van der Waals surface area contributed by atoms with Crippen LogP contribution in [0.4, 0.5) is 10.5 Å². The maximum absolute atomic E-state index is 13.7. The van der Waals surface area contributed by atoms with Gasteiger partial charge < -0.3 is 19.9 Å². The summed E-state index contributed by atoms with van der Waals surface area (Å²) in [6.07, 6.45) is 6.19. The molecule has 40 heavy (non-hydrogen) atoms. The number of aromatic nitrogens is 3. The minimum Gasteiger partial charge on any atom is -0.444 e. The zero-order valence-corrected chi connectivity index (χ0v) is 24.7. The van der Waals surface area contributed by atoms with Gasteiger partial charge in [-0.05, 0) is 83.7 Å². The molecule has 5 rings (SSSR count). The fourth-order valence-electron chi connectivity index (χ4n) is 6.00. The summed E-state index contributed by atoms with van der Waals surface area (Å²) in [4.78, 5) is 34.9. The highest BCUT2D eigenvalue weighted by molar-refractivity contribution is 6.07. The number of nitrogens with one attached hydrogen (secondary N) is 1. The van der Waals surface area contributed by atoms with E-state index in [9.17, 15) is 9.59 Å². The van der Waals surface area contributed by atoms with Crippen LogP contribution in [0.1, 0.15) is 85.4 Å². The number of anilines is 1. The second-order valence-corrected chi connectivity index (χ2v) is 12.2. The lowest BCUT2D eigenvalue weighted by molar-refractivity contribution is 0.0240. The number of piperazine rings is 1. The highest BCUT2D eigenvalue weighted by atomic mass is 16.6. The molecule has 2 aromatic heterocycles. The van der Waals surface area contributed by atoms with E-state index in [0.717, 1.165) is 51.9 Å². The van der Waals surface area contributed by atoms with Crippen LogP contribution < -0.4 is 10.2 Å². The van der Waals surface area contributed by atoms with Gasteiger partial charge in [0.1, 0.15) is 5.60 Å². The van der Waals surface area contributed by atoms with Gasteiger partial charge in [0.2, 0.25) is 0 Å². The van der Waals surface area contributed by atoms with E-state index in [2.05, 4.69) is 38.9 Å². The first-order valence-corrected chi connectivity index (χ1v) is 14.5. The third-order valence-corrected chi connectivity index (χ3v) is 8.02. The van der Waals surface area contributed by atoms with Gasteiger partial charge in [0.25, 0.3) is 5.91 Å². The Bertz CT molecular complexity index is 1390. The van der Waals surface area contributed by atoms with Gasteiger partial charge in [-0.3, -0.25) is 14.5 Å². The van der Waals surface area contributed by atoms with Crippen molar-refractivity contribution in [1.82, 2.24) is 25.0 Å². The largest absolute Gasteiger partial charge is 0.444 e. The third kappa shape index (κ3) is 5.93. The number of benzene rings is 1. The number of amides is 2. The lowest BCUT2D eigenvalue weighted by Gasteiger charge is -2.37. The minimum atomic E-state index is -0.522. The van der Waals surface area contributed by atoms with Crippen LogP contribution in [-0.2, 0) is 11.3 Å². The maximum atomic E-state index is 13.7. The van der Waals surface area contributed by atoms with Gasteiger partial charge in [0.15, 0.2) is 0 Å². The summed E-state index contributed by atoms with van der Waals surface area (Å²) < 4.78 is 7.70. The molecule has 3 aromatic rings. The van der Waals surface area contributed by atoms with E-state index in [1.54, 1.807) is 4.90 Å². The van der Waals surface area contributed by atoms with E-state index in [0.29, 0.717) is 44.3 Å². The number of carbonyl (C=O) groups is 2. The molecule has 2 fully saturated rings. The first-order chi connectivity index (χ1) is 19.0. The summed E-state index contributed by atoms with van der Waals surface area (Å²) in [6, 6.07) is 6.56. The molecular weight excluding hydrogens is 504 g/mol. The lowest BCUT2D eigenvalue weighted by atomic mass is 10.0. The molecule has 214 valence electrons. The van der Waals surface area contributed by atoms with Gasteiger partial charge in [-0.1, -0.05) is 12.8 Å². The average molecular weight is 547 g/mol. The van der Waals surface area contributed by atoms with Crippen LogP contribution in [0.25, 0.3) is 10.9 Å². The Kier molecular flexibility index (Phi) is 7.75. The molecule has 9 nitrogen and oxygen atoms in total. The van der Waals surface area contributed by atoms with Crippen LogP contribution in [0.2, 0.25) is 0 Å². The number of fused-ring (bicyclic) bond motifs is 1. The van der Waals surface area contributed by atoms with Crippen molar-refractivity contribution in [2.45, 2.75) is 85.4 Å². The number of aryl methyl sites for hydroxylation is 3. The van der Waals surface area contributed by atoms with Crippen LogP contribution in [-0.4, -0.2) is 63.4 Å². The molecular formula is C31H42N6O3. The van der Waals surface area contributed by atoms with Crippen molar-refractivity contribution in [3.05, 3.63) is 52.5 Å². The predicted octanol–water partition coefficient (Wildman–Crippen LogP) is 5.46. The SMILES string of the molecule is Cc1cc(C)c(CNC(=O)c2cc(N3CCN(C(=O)OC(C)(C)C)CC3)cc3c2cnn3C2CCCC2)c(C)n1. The van der Waals surface area contributed by atoms with E-state index >= 15 is 0 Å². The molecule has 1 aliphatic carbocycles. The molecule has 2 amide bonds. The Morgan fingerprint density at radius 1 is 1.02 bits per heavy atom. The minimum absolute atomic E-state index is 0.121. The average Bonchev–Trinajstić information content (AvgIpc) is 3.56. The van der Waals surface area contributed by atoms with E-state index in [4.69, 9.17) is 9.84 Å². The molecule has 2 aliphatic rings. The standard InChI is InChI=1S/C31H42N6O3/c1-20-15-21(2)34-22(3)26(20)18-32-29(38)25-16-24(17-28-27(25)19-33-37(28)23-9-7-8-10-23)35-11-13-36(14-12-35)30(39)40-31(4,5)6/h15-17,19,23H,7-14,18H2,1-6H3,(H,32,38). The highest BCUT2D eigenvalue weighted by Gasteiger charge is 2.28. The molecule has 1 saturated heterocycles. The Balaban J connectivity index is 1.42. The smallest absolute Gasteiger partial charge is 0.410 e. The number of hydrogen-bond donors (Lipinski definition) is 1. The number of rotatable bonds is 5. The monoisotopic (exact) mass is 546 g/mol. The normalized spacial score (nSPS) is 16.6. The number of pyridine rings is 1. The van der Waals surface area contributed by atoms with Crippen LogP contribution in [0, 0.1) is 20.8 Å². The van der Waals surface area contributed by atoms with Crippen LogP contribution in [0.3, 0.4) is 0 Å². The number of carbonyl (C=O) groups excluding carboxylic acids is 2. The third-order valence-electron chi connectivity index (χ3n) is 8.02. The molecule has 0 bridgehead atoms. The van der Waals surface area contributed by atoms with Crippen molar-refractivity contribution in [3.8, 4) is 0 Å². The molecule has 0 spiro atoms. The van der Waals surface area contributed by atoms with E-state index in [1.807, 2.05) is 46.9 Å². The van der Waals surface area contributed by atoms with Crippen molar-refractivity contribution < 1.29 is 14.3 Å². The summed E-state index contributed by atoms with van der Waals surface area (Å²) in [5.41, 5.74) is 6.17. The fraction of sp³-hybridized carbons (Fsp3) is 0.548. The summed E-state index contributed by atoms with van der Waals surface area (Å²) in [6.45, 7) is 14.6. The Morgan fingerprint density at radius 3 is 2.38 bits per heavy atom. The quantitative estimate of drug-likeness (QED) is 0.457. The van der Waals surface area contributed by atoms with Gasteiger partial charge in [-0.25, -0.2) is 4.79 Å². The Labute approximate surface area is 236 Å². The zero-order chi connectivity index (χ0) is 28.6. The molecule has 1 aromatic carbocycles. The van der Waals surface area contributed by atoms with Gasteiger partial charge in [0, 0.05) is 55.2 Å². The summed E-state index contributed by atoms with van der Waals surface area (Å²) in [5, 5.41) is 8.80. The summed E-state index contributed by atoms with van der Waals surface area (Å²) >= 11 is 0. The topological polar surface area (TPSA) is 92.6 Å². The molecule has 1 aliphatic heterocycles. The highest BCUT2D eigenvalue weighted by Crippen LogP contribution is 2.35. The van der Waals surface area contributed by atoms with Crippen molar-refractivity contribution >= 4 is 28.6 Å². The molecule has 0 unspecified atom stereocenters. The second-order valence-electron chi connectivity index (χ2n) is 12.2. The number of hydrogen-bond acceptors (Lipinski definition) is 6. The van der Waals surface area contributed by atoms with Crippen molar-refractivity contribution in [2.24, 2.45) is 0 Å². The van der Waals surface area contributed by atoms with E-state index < -0.39 is 5.60 Å². The maximum Gasteiger partial charge on any atom is 0.410 e. The van der Waals surface area contributed by atoms with E-state index in [1.165, 1.54) is 12.8 Å². The van der Waals surface area contributed by atoms with Crippen LogP contribution >= 0.6 is 0 Å². The van der Waals surface area contributed by atoms with Gasteiger partial charge >= 0.3 is 6.09 Å². The molecule has 1 saturated carbocycles. The van der Waals surface area contributed by atoms with Crippen molar-refractivity contribution in [2.75, 3.05) is 31.1 Å². The van der Waals surface area contributed by atoms with Crippen LogP contribution in [0.5, 0.6) is 0 Å². The van der Waals surface area contributed by atoms with E-state index in [-0.39, 0.29) is 12.0 Å². The van der Waals surface area contributed by atoms with Crippen molar-refractivity contribution in [3.63, 3.8) is 0 Å². The molecule has 1 N–H and O–H groups in total. The molecule has 0 radical (unpaired) electrons. The zero-order valence-electron chi connectivity index (χ0n) is 24.7. The van der Waals surface area contributed by atoms with Gasteiger partial charge in [-0.15, -0.1) is 0 Å². The van der Waals surface area contributed by atoms with Crippen molar-refractivity contribution in [1.29, 1.82) is 0 Å². The number of nitrogens with zero attached hydrogens (tertiary/aromatic N) is 5. The Hall–Kier alpha value is -3.62. The summed E-state index contributed by atoms with van der Waals surface area (Å²) in [7, 11) is 0. The Morgan fingerprint density at radius 2 is 1.73 bits per heavy atom. The molecule has 9 heteroatoms. The second kappa shape index (κ2) is 11.1. The fourth-order valence-corrected chi connectivity index (χ4v) is 6.00.